The van der Waals surface area contributed by atoms with Gasteiger partial charge in [-0.05, 0) is 23.8 Å². The lowest BCUT2D eigenvalue weighted by Gasteiger charge is -2.39. The fourth-order valence-corrected chi connectivity index (χ4v) is 2.84. The van der Waals surface area contributed by atoms with Crippen LogP contribution in [0, 0.1) is 0 Å². The van der Waals surface area contributed by atoms with Crippen molar-refractivity contribution in [2.24, 2.45) is 0 Å². The highest BCUT2D eigenvalue weighted by Gasteiger charge is 2.44. The quantitative estimate of drug-likeness (QED) is 0.865. The molecule has 1 heterocycles. The third-order valence-corrected chi connectivity index (χ3v) is 3.96. The van der Waals surface area contributed by atoms with Crippen LogP contribution in [0.15, 0.2) is 18.2 Å². The lowest BCUT2D eigenvalue weighted by Crippen LogP contribution is -2.51. The topological polar surface area (TPSA) is 35.5 Å². The molecule has 1 aromatic carbocycles. The summed E-state index contributed by atoms with van der Waals surface area (Å²) in [5.74, 6) is -3.29. The smallest absolute Gasteiger partial charge is 0.289 e. The third-order valence-electron chi connectivity index (χ3n) is 3.38. The number of aliphatic hydroxyl groups excluding tert-OH is 1. The maximum absolute atomic E-state index is 14.2. The molecule has 0 amide bonds. The summed E-state index contributed by atoms with van der Waals surface area (Å²) in [6.07, 6.45) is 0. The molecule has 120 valence electrons. The minimum atomic E-state index is -3.29. The first-order chi connectivity index (χ1) is 9.45. The first kappa shape index (κ1) is 18.9. The van der Waals surface area contributed by atoms with E-state index in [9.17, 15) is 8.78 Å². The van der Waals surface area contributed by atoms with Gasteiger partial charge in [0.05, 0.1) is 0 Å². The number of aliphatic hydroxyl groups is 1. The molecule has 1 saturated heterocycles. The van der Waals surface area contributed by atoms with Crippen molar-refractivity contribution in [3.63, 3.8) is 0 Å². The Bertz CT molecular complexity index is 471. The van der Waals surface area contributed by atoms with E-state index in [1.54, 1.807) is 11.0 Å². The first-order valence-electron chi connectivity index (χ1n) is 6.34. The van der Waals surface area contributed by atoms with E-state index in [-0.39, 0.29) is 23.0 Å². The second kappa shape index (κ2) is 7.90. The number of halogens is 5. The van der Waals surface area contributed by atoms with Crippen LogP contribution in [-0.4, -0.2) is 48.7 Å². The Labute approximate surface area is 138 Å². The molecule has 0 saturated carbocycles. The van der Waals surface area contributed by atoms with Gasteiger partial charge in [-0.2, -0.15) is 0 Å². The molecule has 0 aliphatic carbocycles. The van der Waals surface area contributed by atoms with Crippen molar-refractivity contribution in [1.82, 2.24) is 10.2 Å². The van der Waals surface area contributed by atoms with Crippen molar-refractivity contribution in [3.8, 4) is 0 Å². The number of nitrogens with one attached hydrogen (secondary N) is 1. The van der Waals surface area contributed by atoms with Crippen LogP contribution in [0.4, 0.5) is 8.78 Å². The van der Waals surface area contributed by atoms with E-state index in [0.29, 0.717) is 31.2 Å². The predicted octanol–water partition coefficient (Wildman–Crippen LogP) is 2.99. The van der Waals surface area contributed by atoms with E-state index in [4.69, 9.17) is 28.3 Å². The number of benzene rings is 1. The minimum Gasteiger partial charge on any atom is -0.390 e. The van der Waals surface area contributed by atoms with Gasteiger partial charge in [-0.25, -0.2) is 8.78 Å². The summed E-state index contributed by atoms with van der Waals surface area (Å²) in [4.78, 5) is 1.63. The molecule has 2 rings (SSSR count). The monoisotopic (exact) mass is 360 g/mol. The Kier molecular flexibility index (Phi) is 7.10. The summed E-state index contributed by atoms with van der Waals surface area (Å²) in [6, 6.07) is 3.22. The zero-order valence-electron chi connectivity index (χ0n) is 11.2. The molecule has 0 bridgehead atoms. The highest BCUT2D eigenvalue weighted by Crippen LogP contribution is 2.40. The van der Waals surface area contributed by atoms with Gasteiger partial charge in [0.2, 0.25) is 0 Å². The van der Waals surface area contributed by atoms with E-state index in [1.165, 1.54) is 12.1 Å². The second-order valence-corrected chi connectivity index (χ2v) is 5.62. The van der Waals surface area contributed by atoms with Gasteiger partial charge in [0, 0.05) is 36.2 Å². The average molecular weight is 362 g/mol. The molecule has 8 heteroatoms. The Morgan fingerprint density at radius 2 is 1.90 bits per heavy atom. The van der Waals surface area contributed by atoms with Crippen molar-refractivity contribution in [2.45, 2.75) is 12.0 Å². The van der Waals surface area contributed by atoms with Crippen LogP contribution in [0.5, 0.6) is 0 Å². The number of piperazine rings is 1. The van der Waals surface area contributed by atoms with Gasteiger partial charge in [0.25, 0.3) is 5.92 Å². The van der Waals surface area contributed by atoms with Gasteiger partial charge in [-0.15, -0.1) is 12.4 Å². The van der Waals surface area contributed by atoms with E-state index in [1.807, 2.05) is 0 Å². The molecular weight excluding hydrogens is 345 g/mol. The Morgan fingerprint density at radius 1 is 1.29 bits per heavy atom. The van der Waals surface area contributed by atoms with Crippen LogP contribution >= 0.6 is 35.6 Å². The van der Waals surface area contributed by atoms with Gasteiger partial charge in [-0.1, -0.05) is 23.2 Å². The van der Waals surface area contributed by atoms with Gasteiger partial charge in [0.15, 0.2) is 0 Å². The molecule has 0 radical (unpaired) electrons. The highest BCUT2D eigenvalue weighted by atomic mass is 35.5. The van der Waals surface area contributed by atoms with Crippen LogP contribution in [0.25, 0.3) is 0 Å². The fraction of sp³-hybridized carbons (Fsp3) is 0.538. The van der Waals surface area contributed by atoms with Crippen molar-refractivity contribution in [1.29, 1.82) is 0 Å². The summed E-state index contributed by atoms with van der Waals surface area (Å²) in [5, 5.41) is 12.7. The molecular formula is C13H17Cl3F2N2O. The van der Waals surface area contributed by atoms with Gasteiger partial charge >= 0.3 is 0 Å². The predicted molar refractivity (Wildman–Crippen MR) is 82.9 cm³/mol. The molecule has 1 aromatic rings. The number of rotatable bonds is 4. The number of hydrogen-bond donors (Lipinski definition) is 2. The zero-order chi connectivity index (χ0) is 14.8. The van der Waals surface area contributed by atoms with Crippen molar-refractivity contribution >= 4 is 35.6 Å². The molecule has 0 spiro atoms. The van der Waals surface area contributed by atoms with E-state index < -0.39 is 18.6 Å². The Hall–Kier alpha value is -0.170. The maximum Gasteiger partial charge on any atom is 0.289 e. The van der Waals surface area contributed by atoms with E-state index >= 15 is 0 Å². The molecule has 1 aliphatic heterocycles. The normalized spacial score (nSPS) is 18.1. The summed E-state index contributed by atoms with van der Waals surface area (Å²) in [7, 11) is 0. The average Bonchev–Trinajstić information content (AvgIpc) is 2.44. The second-order valence-electron chi connectivity index (χ2n) is 4.77. The van der Waals surface area contributed by atoms with Crippen LogP contribution < -0.4 is 5.32 Å². The Balaban J connectivity index is 0.00000220. The van der Waals surface area contributed by atoms with E-state index in [2.05, 4.69) is 5.32 Å². The number of alkyl halides is 2. The maximum atomic E-state index is 14.2. The standard InChI is InChI=1S/C13H16Cl2F2N2O.ClH/c14-9-1-2-11(15)10(7-9)12(13(16,17)8-20)19-5-3-18-4-6-19;/h1-2,7,12,18,20H,3-6,8H2;1H/t12-;/m1./s1. The lowest BCUT2D eigenvalue weighted by molar-refractivity contribution is -0.118. The van der Waals surface area contributed by atoms with Gasteiger partial charge in [0.1, 0.15) is 12.6 Å². The first-order valence-corrected chi connectivity index (χ1v) is 7.09. The highest BCUT2D eigenvalue weighted by molar-refractivity contribution is 6.33. The third kappa shape index (κ3) is 4.41. The van der Waals surface area contributed by atoms with Crippen molar-refractivity contribution in [3.05, 3.63) is 33.8 Å². The molecule has 0 unspecified atom stereocenters. The SMILES string of the molecule is Cl.OCC(F)(F)[C@@H](c1cc(Cl)ccc1Cl)N1CCNCC1. The molecule has 0 aromatic heterocycles. The Morgan fingerprint density at radius 3 is 2.48 bits per heavy atom. The molecule has 21 heavy (non-hydrogen) atoms. The molecule has 2 N–H and O–H groups in total. The van der Waals surface area contributed by atoms with Crippen LogP contribution in [-0.2, 0) is 0 Å². The summed E-state index contributed by atoms with van der Waals surface area (Å²) in [5.41, 5.74) is 0.250. The van der Waals surface area contributed by atoms with E-state index in [0.717, 1.165) is 0 Å². The van der Waals surface area contributed by atoms with Crippen LogP contribution in [0.2, 0.25) is 10.0 Å². The number of hydrogen-bond acceptors (Lipinski definition) is 3. The summed E-state index contributed by atoms with van der Waals surface area (Å²) < 4.78 is 28.4. The zero-order valence-corrected chi connectivity index (χ0v) is 13.5. The van der Waals surface area contributed by atoms with Crippen molar-refractivity contribution in [2.75, 3.05) is 32.8 Å². The lowest BCUT2D eigenvalue weighted by atomic mass is 9.98. The summed E-state index contributed by atoms with van der Waals surface area (Å²) >= 11 is 12.0. The number of nitrogens with zero attached hydrogens (tertiary/aromatic N) is 1. The summed E-state index contributed by atoms with van der Waals surface area (Å²) in [6.45, 7) is 0.934. The minimum absolute atomic E-state index is 0. The molecule has 1 fully saturated rings. The van der Waals surface area contributed by atoms with Gasteiger partial charge in [-0.3, -0.25) is 4.90 Å². The molecule has 1 atom stereocenters. The fourth-order valence-electron chi connectivity index (χ4n) is 2.44. The van der Waals surface area contributed by atoms with Gasteiger partial charge < -0.3 is 10.4 Å². The molecule has 3 nitrogen and oxygen atoms in total. The van der Waals surface area contributed by atoms with Crippen molar-refractivity contribution < 1.29 is 13.9 Å². The largest absolute Gasteiger partial charge is 0.390 e. The van der Waals surface area contributed by atoms with Crippen LogP contribution in [0.1, 0.15) is 11.6 Å². The molecule has 1 aliphatic rings. The van der Waals surface area contributed by atoms with Crippen LogP contribution in [0.3, 0.4) is 0 Å².